The monoisotopic (exact) mass is 156 g/mol. The van der Waals surface area contributed by atoms with Gasteiger partial charge in [0.1, 0.15) is 0 Å². The van der Waals surface area contributed by atoms with Crippen LogP contribution in [0.1, 0.15) is 47.5 Å². The molecule has 0 saturated heterocycles. The molecule has 0 radical (unpaired) electrons. The molecule has 0 spiro atoms. The van der Waals surface area contributed by atoms with Crippen molar-refractivity contribution in [1.82, 2.24) is 0 Å². The molecule has 0 aromatic rings. The van der Waals surface area contributed by atoms with Crippen molar-refractivity contribution in [2.24, 2.45) is 5.41 Å². The number of hydrogen-bond acceptors (Lipinski definition) is 1. The topological polar surface area (TPSA) is 9.23 Å². The van der Waals surface area contributed by atoms with Crippen molar-refractivity contribution in [2.75, 3.05) is 0 Å². The quantitative estimate of drug-likeness (QED) is 0.597. The van der Waals surface area contributed by atoms with Crippen LogP contribution in [0.3, 0.4) is 0 Å². The molecule has 0 heterocycles. The maximum Gasteiger partial charge on any atom is 0.0660 e. The SMILES string of the molecule is C[C@@H](OC1(C)CC1)C(C)(C)C. The molecule has 1 atom stereocenters. The number of ether oxygens (including phenoxy) is 1. The van der Waals surface area contributed by atoms with E-state index in [1.807, 2.05) is 0 Å². The van der Waals surface area contributed by atoms with Gasteiger partial charge in [0, 0.05) is 0 Å². The van der Waals surface area contributed by atoms with Crippen LogP contribution in [-0.2, 0) is 4.74 Å². The Bertz CT molecular complexity index is 139. The van der Waals surface area contributed by atoms with E-state index in [2.05, 4.69) is 34.6 Å². The molecule has 1 aliphatic rings. The van der Waals surface area contributed by atoms with E-state index in [0.717, 1.165) is 0 Å². The van der Waals surface area contributed by atoms with Crippen molar-refractivity contribution in [2.45, 2.75) is 59.2 Å². The Labute approximate surface area is 70.1 Å². The fraction of sp³-hybridized carbons (Fsp3) is 1.00. The van der Waals surface area contributed by atoms with E-state index in [-0.39, 0.29) is 11.0 Å². The zero-order valence-electron chi connectivity index (χ0n) is 8.40. The maximum atomic E-state index is 5.91. The Morgan fingerprint density at radius 2 is 1.73 bits per heavy atom. The summed E-state index contributed by atoms with van der Waals surface area (Å²) in [5, 5.41) is 0. The molecule has 1 rings (SSSR count). The molecular weight excluding hydrogens is 136 g/mol. The molecule has 0 bridgehead atoms. The van der Waals surface area contributed by atoms with Crippen molar-refractivity contribution in [3.8, 4) is 0 Å². The van der Waals surface area contributed by atoms with Crippen molar-refractivity contribution in [1.29, 1.82) is 0 Å². The van der Waals surface area contributed by atoms with Gasteiger partial charge >= 0.3 is 0 Å². The van der Waals surface area contributed by atoms with Gasteiger partial charge in [0.05, 0.1) is 11.7 Å². The summed E-state index contributed by atoms with van der Waals surface area (Å²) >= 11 is 0. The van der Waals surface area contributed by atoms with Crippen molar-refractivity contribution in [3.63, 3.8) is 0 Å². The van der Waals surface area contributed by atoms with E-state index in [1.54, 1.807) is 0 Å². The highest BCUT2D eigenvalue weighted by Crippen LogP contribution is 2.42. The van der Waals surface area contributed by atoms with Gasteiger partial charge in [-0.15, -0.1) is 0 Å². The normalized spacial score (nSPS) is 24.8. The number of hydrogen-bond donors (Lipinski definition) is 0. The lowest BCUT2D eigenvalue weighted by Crippen LogP contribution is -2.30. The van der Waals surface area contributed by atoms with E-state index in [4.69, 9.17) is 4.74 Å². The largest absolute Gasteiger partial charge is 0.372 e. The molecule has 66 valence electrons. The molecule has 0 aromatic heterocycles. The van der Waals surface area contributed by atoms with Crippen molar-refractivity contribution >= 4 is 0 Å². The molecule has 0 aliphatic heterocycles. The standard InChI is InChI=1S/C10H20O/c1-8(9(2,3)4)11-10(5)6-7-10/h8H,6-7H2,1-5H3/t8-/m1/s1. The third-order valence-electron chi connectivity index (χ3n) is 2.63. The minimum Gasteiger partial charge on any atom is -0.372 e. The average Bonchev–Trinajstić information content (AvgIpc) is 2.45. The van der Waals surface area contributed by atoms with Gasteiger partial charge in [0.25, 0.3) is 0 Å². The summed E-state index contributed by atoms with van der Waals surface area (Å²) in [6, 6.07) is 0. The van der Waals surface area contributed by atoms with E-state index >= 15 is 0 Å². The second-order valence-corrected chi connectivity index (χ2v) is 5.08. The minimum atomic E-state index is 0.229. The summed E-state index contributed by atoms with van der Waals surface area (Å²) in [4.78, 5) is 0. The Kier molecular flexibility index (Phi) is 2.04. The fourth-order valence-corrected chi connectivity index (χ4v) is 0.897. The first-order valence-corrected chi connectivity index (χ1v) is 4.51. The first-order chi connectivity index (χ1) is 4.83. The zero-order valence-corrected chi connectivity index (χ0v) is 8.40. The number of rotatable bonds is 2. The lowest BCUT2D eigenvalue weighted by molar-refractivity contribution is -0.0620. The Hall–Kier alpha value is -0.0400. The molecule has 0 unspecified atom stereocenters. The van der Waals surface area contributed by atoms with Gasteiger partial charge in [-0.3, -0.25) is 0 Å². The van der Waals surface area contributed by atoms with E-state index in [0.29, 0.717) is 6.10 Å². The predicted molar refractivity (Wildman–Crippen MR) is 47.6 cm³/mol. The van der Waals surface area contributed by atoms with E-state index in [9.17, 15) is 0 Å². The van der Waals surface area contributed by atoms with Gasteiger partial charge in [-0.2, -0.15) is 0 Å². The summed E-state index contributed by atoms with van der Waals surface area (Å²) in [7, 11) is 0. The molecule has 0 amide bonds. The Balaban J connectivity index is 2.37. The fourth-order valence-electron chi connectivity index (χ4n) is 0.897. The maximum absolute atomic E-state index is 5.91. The summed E-state index contributed by atoms with van der Waals surface area (Å²) in [5.74, 6) is 0. The molecule has 0 N–H and O–H groups in total. The van der Waals surface area contributed by atoms with Crippen LogP contribution >= 0.6 is 0 Å². The van der Waals surface area contributed by atoms with Gasteiger partial charge in [0.15, 0.2) is 0 Å². The molecule has 1 nitrogen and oxygen atoms in total. The van der Waals surface area contributed by atoms with Crippen molar-refractivity contribution < 1.29 is 4.74 Å². The van der Waals surface area contributed by atoms with Crippen LogP contribution in [0.2, 0.25) is 0 Å². The van der Waals surface area contributed by atoms with E-state index in [1.165, 1.54) is 12.8 Å². The Morgan fingerprint density at radius 3 is 2.00 bits per heavy atom. The highest BCUT2D eigenvalue weighted by molar-refractivity contribution is 4.92. The van der Waals surface area contributed by atoms with Gasteiger partial charge in [-0.25, -0.2) is 0 Å². The molecular formula is C10H20O. The highest BCUT2D eigenvalue weighted by atomic mass is 16.5. The molecule has 1 heteroatoms. The first kappa shape index (κ1) is 9.05. The first-order valence-electron chi connectivity index (χ1n) is 4.51. The molecule has 11 heavy (non-hydrogen) atoms. The summed E-state index contributed by atoms with van der Waals surface area (Å²) < 4.78 is 5.91. The summed E-state index contributed by atoms with van der Waals surface area (Å²) in [6.45, 7) is 11.1. The van der Waals surface area contributed by atoms with Crippen molar-refractivity contribution in [3.05, 3.63) is 0 Å². The van der Waals surface area contributed by atoms with Crippen LogP contribution in [0.5, 0.6) is 0 Å². The third-order valence-corrected chi connectivity index (χ3v) is 2.63. The predicted octanol–water partition coefficient (Wildman–Crippen LogP) is 2.99. The van der Waals surface area contributed by atoms with Gasteiger partial charge in [-0.05, 0) is 32.1 Å². The summed E-state index contributed by atoms with van der Waals surface area (Å²) in [5.41, 5.74) is 0.512. The zero-order chi connectivity index (χ0) is 8.70. The Morgan fingerprint density at radius 1 is 1.27 bits per heavy atom. The third kappa shape index (κ3) is 2.48. The average molecular weight is 156 g/mol. The summed E-state index contributed by atoms with van der Waals surface area (Å²) in [6.07, 6.45) is 2.86. The van der Waals surface area contributed by atoms with E-state index < -0.39 is 0 Å². The highest BCUT2D eigenvalue weighted by Gasteiger charge is 2.41. The van der Waals surface area contributed by atoms with Crippen LogP contribution in [0.25, 0.3) is 0 Å². The molecule has 1 aliphatic carbocycles. The van der Waals surface area contributed by atoms with Gasteiger partial charge < -0.3 is 4.74 Å². The second kappa shape index (κ2) is 2.48. The minimum absolute atomic E-state index is 0.229. The van der Waals surface area contributed by atoms with Gasteiger partial charge in [0.2, 0.25) is 0 Å². The lowest BCUT2D eigenvalue weighted by atomic mass is 9.90. The molecule has 1 fully saturated rings. The molecule has 1 saturated carbocycles. The lowest BCUT2D eigenvalue weighted by Gasteiger charge is -2.30. The molecule has 0 aromatic carbocycles. The smallest absolute Gasteiger partial charge is 0.0660 e. The van der Waals surface area contributed by atoms with Crippen LogP contribution in [-0.4, -0.2) is 11.7 Å². The second-order valence-electron chi connectivity index (χ2n) is 5.08. The van der Waals surface area contributed by atoms with Crippen LogP contribution in [0.15, 0.2) is 0 Å². The van der Waals surface area contributed by atoms with Crippen LogP contribution in [0.4, 0.5) is 0 Å². The van der Waals surface area contributed by atoms with Crippen LogP contribution in [0, 0.1) is 5.41 Å². The van der Waals surface area contributed by atoms with Gasteiger partial charge in [-0.1, -0.05) is 20.8 Å². The van der Waals surface area contributed by atoms with Crippen LogP contribution < -0.4 is 0 Å².